The second-order valence-corrected chi connectivity index (χ2v) is 12.7. The number of nitriles is 1. The Kier molecular flexibility index (Phi) is 7.76. The minimum absolute atomic E-state index is 0.284. The van der Waals surface area contributed by atoms with Crippen molar-refractivity contribution in [1.82, 2.24) is 8.75 Å². The maximum atomic E-state index is 11.2. The third-order valence-corrected chi connectivity index (χ3v) is 10.1. The number of rotatable bonds is 8. The molecule has 4 aromatic carbocycles. The van der Waals surface area contributed by atoms with Crippen molar-refractivity contribution in [1.29, 1.82) is 5.26 Å². The van der Waals surface area contributed by atoms with E-state index in [9.17, 15) is 9.90 Å². The van der Waals surface area contributed by atoms with E-state index in [0.29, 0.717) is 0 Å². The van der Waals surface area contributed by atoms with Gasteiger partial charge in [0.15, 0.2) is 0 Å². The lowest BCUT2D eigenvalue weighted by Gasteiger charge is -2.25. The number of para-hydroxylation sites is 2. The van der Waals surface area contributed by atoms with Crippen LogP contribution in [0.15, 0.2) is 127 Å². The Morgan fingerprint density at radius 1 is 0.667 bits per heavy atom. The predicted octanol–water partition coefficient (Wildman–Crippen LogP) is 10.3. The van der Waals surface area contributed by atoms with Crippen molar-refractivity contribution in [2.45, 2.75) is 0 Å². The fourth-order valence-electron chi connectivity index (χ4n) is 5.15. The first-order valence-corrected chi connectivity index (χ1v) is 16.3. The summed E-state index contributed by atoms with van der Waals surface area (Å²) in [4.78, 5) is 17.3. The van der Waals surface area contributed by atoms with Gasteiger partial charge in [-0.05, 0) is 72.3 Å². The normalized spacial score (nSPS) is 11.4. The van der Waals surface area contributed by atoms with Gasteiger partial charge in [-0.2, -0.15) is 14.0 Å². The topological polar surface area (TPSA) is 90.1 Å². The van der Waals surface area contributed by atoms with E-state index >= 15 is 0 Å². The van der Waals surface area contributed by atoms with E-state index in [0.717, 1.165) is 64.3 Å². The summed E-state index contributed by atoms with van der Waals surface area (Å²) in [5.74, 6) is -1.23. The second-order valence-electron chi connectivity index (χ2n) is 10.0. The average molecular weight is 639 g/mol. The summed E-state index contributed by atoms with van der Waals surface area (Å²) in [6.45, 7) is 0. The Hall–Kier alpha value is -5.40. The predicted molar refractivity (Wildman–Crippen MR) is 185 cm³/mol. The van der Waals surface area contributed by atoms with Gasteiger partial charge in [0.05, 0.1) is 11.7 Å². The van der Waals surface area contributed by atoms with E-state index < -0.39 is 5.97 Å². The number of thiophene rings is 2. The number of benzene rings is 4. The summed E-state index contributed by atoms with van der Waals surface area (Å²) >= 11 is 4.30. The van der Waals surface area contributed by atoms with Gasteiger partial charge in [0.2, 0.25) is 0 Å². The summed E-state index contributed by atoms with van der Waals surface area (Å²) in [6.07, 6.45) is 1.40. The summed E-state index contributed by atoms with van der Waals surface area (Å²) in [5, 5.41) is 18.3. The molecule has 9 heteroatoms. The molecule has 0 aliphatic carbocycles. The van der Waals surface area contributed by atoms with Crippen LogP contribution in [0.25, 0.3) is 48.4 Å². The van der Waals surface area contributed by atoms with Crippen LogP contribution >= 0.6 is 34.4 Å². The quantitative estimate of drug-likeness (QED) is 0.132. The molecule has 0 fully saturated rings. The van der Waals surface area contributed by atoms with Crippen molar-refractivity contribution in [2.75, 3.05) is 4.90 Å². The van der Waals surface area contributed by atoms with Crippen LogP contribution in [0.3, 0.4) is 0 Å². The number of anilines is 3. The van der Waals surface area contributed by atoms with Gasteiger partial charge in [-0.3, -0.25) is 0 Å². The Morgan fingerprint density at radius 3 is 1.87 bits per heavy atom. The SMILES string of the molecule is N#C/C(=C\c1ccc(-c2ccc(-c3ccc(-c4ccc(N(c5ccccc5)c5ccccc5)cc4)c4nsnc34)s2)s1)C(=O)O. The first-order valence-electron chi connectivity index (χ1n) is 13.9. The van der Waals surface area contributed by atoms with Gasteiger partial charge >= 0.3 is 5.97 Å². The zero-order valence-electron chi connectivity index (χ0n) is 23.5. The van der Waals surface area contributed by atoms with Gasteiger partial charge in [0, 0.05) is 47.7 Å². The van der Waals surface area contributed by atoms with E-state index in [1.54, 1.807) is 17.4 Å². The highest BCUT2D eigenvalue weighted by molar-refractivity contribution is 7.24. The molecule has 0 unspecified atom stereocenters. The lowest BCUT2D eigenvalue weighted by molar-refractivity contribution is -0.132. The smallest absolute Gasteiger partial charge is 0.346 e. The molecule has 0 saturated carbocycles. The number of carbonyl (C=O) groups is 1. The Morgan fingerprint density at radius 2 is 1.22 bits per heavy atom. The zero-order valence-corrected chi connectivity index (χ0v) is 25.9. The third-order valence-electron chi connectivity index (χ3n) is 7.26. The van der Waals surface area contributed by atoms with Crippen molar-refractivity contribution in [3.8, 4) is 37.4 Å². The van der Waals surface area contributed by atoms with Crippen molar-refractivity contribution in [3.63, 3.8) is 0 Å². The molecule has 0 spiro atoms. The van der Waals surface area contributed by atoms with E-state index in [4.69, 9.17) is 9.64 Å². The maximum absolute atomic E-state index is 11.2. The molecule has 3 heterocycles. The van der Waals surface area contributed by atoms with Crippen molar-refractivity contribution >= 4 is 74.5 Å². The number of carboxylic acids is 1. The largest absolute Gasteiger partial charge is 0.477 e. The van der Waals surface area contributed by atoms with Crippen LogP contribution in [0.1, 0.15) is 4.88 Å². The second kappa shape index (κ2) is 12.3. The molecule has 3 aromatic heterocycles. The molecule has 0 bridgehead atoms. The minimum Gasteiger partial charge on any atom is -0.477 e. The van der Waals surface area contributed by atoms with Crippen molar-refractivity contribution in [3.05, 3.63) is 132 Å². The number of carboxylic acid groups (broad SMARTS) is 1. The number of nitrogens with zero attached hydrogens (tertiary/aromatic N) is 4. The van der Waals surface area contributed by atoms with Gasteiger partial charge in [-0.25, -0.2) is 4.79 Å². The first kappa shape index (κ1) is 28.4. The molecule has 0 amide bonds. The molecule has 7 rings (SSSR count). The zero-order chi connectivity index (χ0) is 30.8. The molecule has 0 atom stereocenters. The van der Waals surface area contributed by atoms with Crippen LogP contribution in [-0.2, 0) is 4.79 Å². The highest BCUT2D eigenvalue weighted by Crippen LogP contribution is 2.42. The molecular formula is C36H22N4O2S3. The monoisotopic (exact) mass is 638 g/mol. The van der Waals surface area contributed by atoms with Gasteiger partial charge in [0.1, 0.15) is 22.7 Å². The highest BCUT2D eigenvalue weighted by Gasteiger charge is 2.17. The van der Waals surface area contributed by atoms with E-state index in [2.05, 4.69) is 82.1 Å². The number of aliphatic carboxylic acids is 1. The minimum atomic E-state index is -1.23. The number of hydrogen-bond donors (Lipinski definition) is 1. The fraction of sp³-hybridized carbons (Fsp3) is 0. The lowest BCUT2D eigenvalue weighted by Crippen LogP contribution is -2.09. The summed E-state index contributed by atoms with van der Waals surface area (Å²) in [6, 6.07) is 43.1. The fourth-order valence-corrected chi connectivity index (χ4v) is 7.80. The van der Waals surface area contributed by atoms with Crippen LogP contribution in [0.5, 0.6) is 0 Å². The summed E-state index contributed by atoms with van der Waals surface area (Å²) < 4.78 is 9.39. The Balaban J connectivity index is 1.19. The first-order chi connectivity index (χ1) is 22.1. The molecule has 6 nitrogen and oxygen atoms in total. The number of aromatic nitrogens is 2. The molecule has 0 aliphatic heterocycles. The molecule has 0 saturated heterocycles. The molecule has 45 heavy (non-hydrogen) atoms. The van der Waals surface area contributed by atoms with Crippen LogP contribution in [0.2, 0.25) is 0 Å². The molecule has 216 valence electrons. The van der Waals surface area contributed by atoms with Crippen LogP contribution in [-0.4, -0.2) is 19.8 Å². The molecule has 0 radical (unpaired) electrons. The number of hydrogen-bond acceptors (Lipinski definition) is 8. The maximum Gasteiger partial charge on any atom is 0.346 e. The number of fused-ring (bicyclic) bond motifs is 1. The average Bonchev–Trinajstić information content (AvgIpc) is 3.86. The summed E-state index contributed by atoms with van der Waals surface area (Å²) in [7, 11) is 0. The molecule has 1 N–H and O–H groups in total. The van der Waals surface area contributed by atoms with Gasteiger partial charge in [0.25, 0.3) is 0 Å². The van der Waals surface area contributed by atoms with Gasteiger partial charge in [-0.1, -0.05) is 60.7 Å². The van der Waals surface area contributed by atoms with Gasteiger partial charge in [-0.15, -0.1) is 22.7 Å². The standard InChI is InChI=1S/C36H22N4O2S3/c37-22-24(36(41)42)21-28-15-18-32(43-28)33-20-19-31(44-33)30-17-16-29(34-35(30)39-45-38-34)23-11-13-27(14-12-23)40(25-7-3-1-4-8-25)26-9-5-2-6-10-26/h1-21H,(H,41,42)/b24-21+. The van der Waals surface area contributed by atoms with E-state index in [1.165, 1.54) is 29.1 Å². The van der Waals surface area contributed by atoms with Crippen LogP contribution < -0.4 is 4.90 Å². The highest BCUT2D eigenvalue weighted by atomic mass is 32.1. The van der Waals surface area contributed by atoms with Crippen molar-refractivity contribution in [2.24, 2.45) is 0 Å². The van der Waals surface area contributed by atoms with Crippen molar-refractivity contribution < 1.29 is 9.90 Å². The van der Waals surface area contributed by atoms with E-state index in [-0.39, 0.29) is 5.57 Å². The third kappa shape index (κ3) is 5.66. The molecule has 0 aliphatic rings. The van der Waals surface area contributed by atoms with E-state index in [1.807, 2.05) is 48.5 Å². The van der Waals surface area contributed by atoms with Crippen LogP contribution in [0, 0.1) is 11.3 Å². The van der Waals surface area contributed by atoms with Gasteiger partial charge < -0.3 is 10.0 Å². The van der Waals surface area contributed by atoms with Crippen LogP contribution in [0.4, 0.5) is 17.1 Å². The molecular weight excluding hydrogens is 617 g/mol. The lowest BCUT2D eigenvalue weighted by atomic mass is 10.0. The summed E-state index contributed by atoms with van der Waals surface area (Å²) in [5.41, 5.74) is 7.79. The Labute approximate surface area is 271 Å². The molecule has 7 aromatic rings. The Bertz CT molecular complexity index is 2170.